The zero-order valence-electron chi connectivity index (χ0n) is 13.2. The number of anilines is 2. The summed E-state index contributed by atoms with van der Waals surface area (Å²) in [4.78, 5) is 32.8. The van der Waals surface area contributed by atoms with Crippen molar-refractivity contribution in [2.24, 2.45) is 0 Å². The minimum Gasteiger partial charge on any atom is -0.322 e. The molecule has 0 atom stereocenters. The maximum Gasteiger partial charge on any atom is 0.256 e. The molecule has 0 bridgehead atoms. The van der Waals surface area contributed by atoms with Crippen LogP contribution in [0.1, 0.15) is 20.7 Å². The van der Waals surface area contributed by atoms with E-state index < -0.39 is 0 Å². The number of pyridine rings is 2. The topological polar surface area (TPSA) is 84.0 Å². The molecule has 0 saturated carbocycles. The molecule has 3 rings (SSSR count). The van der Waals surface area contributed by atoms with Gasteiger partial charge in [0.25, 0.3) is 11.8 Å². The molecule has 2 heterocycles. The van der Waals surface area contributed by atoms with E-state index in [1.54, 1.807) is 61.2 Å². The van der Waals surface area contributed by atoms with Gasteiger partial charge in [-0.25, -0.2) is 0 Å². The number of amides is 2. The summed E-state index contributed by atoms with van der Waals surface area (Å²) in [6, 6.07) is 9.97. The molecule has 0 aliphatic carbocycles. The highest BCUT2D eigenvalue weighted by atomic mass is 79.9. The Labute approximate surface area is 166 Å². The normalized spacial score (nSPS) is 10.2. The van der Waals surface area contributed by atoms with Crippen molar-refractivity contribution in [3.63, 3.8) is 0 Å². The largest absolute Gasteiger partial charge is 0.322 e. The first-order chi connectivity index (χ1) is 12.5. The molecule has 0 saturated heterocycles. The molecule has 2 N–H and O–H groups in total. The minimum absolute atomic E-state index is 0.301. The first-order valence-corrected chi connectivity index (χ1v) is 9.05. The molecule has 130 valence electrons. The summed E-state index contributed by atoms with van der Waals surface area (Å²) in [6.07, 6.45) is 6.36. The van der Waals surface area contributed by atoms with Crippen LogP contribution in [0.2, 0.25) is 0 Å². The summed E-state index contributed by atoms with van der Waals surface area (Å²) in [5.74, 6) is -0.602. The monoisotopic (exact) mass is 474 g/mol. The second-order valence-corrected chi connectivity index (χ2v) is 6.90. The Morgan fingerprint density at radius 1 is 0.692 bits per heavy atom. The standard InChI is InChI=1S/C18H12Br2N4O2/c19-15-10-14(18(26)24-12-3-7-22-8-4-12)16(20)9-13(15)17(25)23-11-1-5-21-6-2-11/h1-10H,(H,21,23,25)(H,22,24,26). The van der Waals surface area contributed by atoms with Gasteiger partial charge in [-0.3, -0.25) is 19.6 Å². The maximum atomic E-state index is 12.5. The van der Waals surface area contributed by atoms with E-state index in [0.717, 1.165) is 0 Å². The Morgan fingerprint density at radius 3 is 1.38 bits per heavy atom. The fourth-order valence-corrected chi connectivity index (χ4v) is 3.21. The van der Waals surface area contributed by atoms with Gasteiger partial charge in [-0.15, -0.1) is 0 Å². The van der Waals surface area contributed by atoms with E-state index in [0.29, 0.717) is 31.4 Å². The average Bonchev–Trinajstić information content (AvgIpc) is 2.64. The van der Waals surface area contributed by atoms with Crippen molar-refractivity contribution in [2.75, 3.05) is 10.6 Å². The lowest BCUT2D eigenvalue weighted by Crippen LogP contribution is -2.16. The van der Waals surface area contributed by atoms with E-state index in [1.165, 1.54) is 0 Å². The SMILES string of the molecule is O=C(Nc1ccncc1)c1cc(Br)c(C(=O)Nc2ccncc2)cc1Br. The first-order valence-electron chi connectivity index (χ1n) is 7.46. The number of aromatic nitrogens is 2. The van der Waals surface area contributed by atoms with Crippen LogP contribution in [0.5, 0.6) is 0 Å². The van der Waals surface area contributed by atoms with Gasteiger partial charge in [-0.05, 0) is 68.3 Å². The average molecular weight is 476 g/mol. The number of carbonyl (C=O) groups is 2. The van der Waals surface area contributed by atoms with E-state index >= 15 is 0 Å². The first kappa shape index (κ1) is 18.2. The van der Waals surface area contributed by atoms with Crippen molar-refractivity contribution < 1.29 is 9.59 Å². The Kier molecular flexibility index (Phi) is 5.75. The van der Waals surface area contributed by atoms with Crippen LogP contribution >= 0.6 is 31.9 Å². The Hall–Kier alpha value is -2.58. The predicted molar refractivity (Wildman–Crippen MR) is 106 cm³/mol. The van der Waals surface area contributed by atoms with Gasteiger partial charge in [0, 0.05) is 45.1 Å². The Bertz CT molecular complexity index is 871. The molecule has 0 aliphatic heterocycles. The molecule has 26 heavy (non-hydrogen) atoms. The third-order valence-electron chi connectivity index (χ3n) is 3.42. The zero-order valence-corrected chi connectivity index (χ0v) is 16.4. The molecule has 0 fully saturated rings. The van der Waals surface area contributed by atoms with Crippen LogP contribution in [0.3, 0.4) is 0 Å². The van der Waals surface area contributed by atoms with Crippen LogP contribution in [0.25, 0.3) is 0 Å². The van der Waals surface area contributed by atoms with E-state index in [1.807, 2.05) is 0 Å². The Morgan fingerprint density at radius 2 is 1.04 bits per heavy atom. The highest BCUT2D eigenvalue weighted by molar-refractivity contribution is 9.11. The number of hydrogen-bond donors (Lipinski definition) is 2. The zero-order chi connectivity index (χ0) is 18.5. The van der Waals surface area contributed by atoms with Gasteiger partial charge >= 0.3 is 0 Å². The second kappa shape index (κ2) is 8.20. The molecule has 2 aromatic heterocycles. The van der Waals surface area contributed by atoms with Gasteiger partial charge in [-0.2, -0.15) is 0 Å². The van der Waals surface area contributed by atoms with Crippen LogP contribution in [-0.2, 0) is 0 Å². The molecule has 3 aromatic rings. The number of nitrogens with zero attached hydrogens (tertiary/aromatic N) is 2. The fraction of sp³-hybridized carbons (Fsp3) is 0. The number of hydrogen-bond acceptors (Lipinski definition) is 4. The second-order valence-electron chi connectivity index (χ2n) is 5.19. The molecule has 2 amide bonds. The lowest BCUT2D eigenvalue weighted by atomic mass is 10.1. The number of halogens is 2. The van der Waals surface area contributed by atoms with Gasteiger partial charge in [0.2, 0.25) is 0 Å². The van der Waals surface area contributed by atoms with Gasteiger partial charge in [-0.1, -0.05) is 0 Å². The lowest BCUT2D eigenvalue weighted by molar-refractivity contribution is 0.101. The number of nitrogens with one attached hydrogen (secondary N) is 2. The van der Waals surface area contributed by atoms with E-state index in [9.17, 15) is 9.59 Å². The molecule has 6 nitrogen and oxygen atoms in total. The summed E-state index contributed by atoms with van der Waals surface area (Å²) < 4.78 is 1.01. The van der Waals surface area contributed by atoms with E-state index in [2.05, 4.69) is 52.5 Å². The van der Waals surface area contributed by atoms with Crippen molar-refractivity contribution in [3.8, 4) is 0 Å². The smallest absolute Gasteiger partial charge is 0.256 e. The Balaban J connectivity index is 1.81. The number of carbonyl (C=O) groups excluding carboxylic acids is 2. The summed E-state index contributed by atoms with van der Waals surface area (Å²) in [5.41, 5.74) is 2.06. The number of benzene rings is 1. The predicted octanol–water partition coefficient (Wildman–Crippen LogP) is 4.51. The van der Waals surface area contributed by atoms with E-state index in [4.69, 9.17) is 0 Å². The molecule has 0 radical (unpaired) electrons. The fourth-order valence-electron chi connectivity index (χ4n) is 2.16. The molecule has 0 unspecified atom stereocenters. The molecule has 8 heteroatoms. The summed E-state index contributed by atoms with van der Waals surface area (Å²) >= 11 is 6.73. The van der Waals surface area contributed by atoms with Crippen molar-refractivity contribution in [2.45, 2.75) is 0 Å². The summed E-state index contributed by atoms with van der Waals surface area (Å²) in [6.45, 7) is 0. The van der Waals surface area contributed by atoms with Crippen molar-refractivity contribution in [1.29, 1.82) is 0 Å². The molecule has 1 aromatic carbocycles. The van der Waals surface area contributed by atoms with Crippen LogP contribution in [0, 0.1) is 0 Å². The van der Waals surface area contributed by atoms with Gasteiger partial charge < -0.3 is 10.6 Å². The highest BCUT2D eigenvalue weighted by Gasteiger charge is 2.17. The lowest BCUT2D eigenvalue weighted by Gasteiger charge is -2.11. The molecular formula is C18H12Br2N4O2. The quantitative estimate of drug-likeness (QED) is 0.581. The van der Waals surface area contributed by atoms with E-state index in [-0.39, 0.29) is 11.8 Å². The highest BCUT2D eigenvalue weighted by Crippen LogP contribution is 2.27. The third kappa shape index (κ3) is 4.33. The van der Waals surface area contributed by atoms with Crippen molar-refractivity contribution in [3.05, 3.63) is 81.3 Å². The van der Waals surface area contributed by atoms with Crippen molar-refractivity contribution in [1.82, 2.24) is 9.97 Å². The van der Waals surface area contributed by atoms with Crippen molar-refractivity contribution >= 4 is 55.0 Å². The van der Waals surface area contributed by atoms with Gasteiger partial charge in [0.05, 0.1) is 11.1 Å². The molecule has 0 spiro atoms. The van der Waals surface area contributed by atoms with Crippen LogP contribution in [0.4, 0.5) is 11.4 Å². The van der Waals surface area contributed by atoms with Gasteiger partial charge in [0.15, 0.2) is 0 Å². The third-order valence-corrected chi connectivity index (χ3v) is 4.73. The molecular weight excluding hydrogens is 464 g/mol. The van der Waals surface area contributed by atoms with Crippen LogP contribution < -0.4 is 10.6 Å². The summed E-state index contributed by atoms with van der Waals surface area (Å²) in [7, 11) is 0. The minimum atomic E-state index is -0.301. The van der Waals surface area contributed by atoms with Crippen LogP contribution in [0.15, 0.2) is 70.1 Å². The van der Waals surface area contributed by atoms with Gasteiger partial charge in [0.1, 0.15) is 0 Å². The summed E-state index contributed by atoms with van der Waals surface area (Å²) in [5, 5.41) is 5.56. The molecule has 0 aliphatic rings. The number of rotatable bonds is 4. The maximum absolute atomic E-state index is 12.5. The van der Waals surface area contributed by atoms with Crippen LogP contribution in [-0.4, -0.2) is 21.8 Å².